The van der Waals surface area contributed by atoms with Crippen LogP contribution in [0.5, 0.6) is 0 Å². The molecule has 154 valence electrons. The fourth-order valence-corrected chi connectivity index (χ4v) is 2.73. The second kappa shape index (κ2) is 9.99. The van der Waals surface area contributed by atoms with Crippen molar-refractivity contribution in [2.75, 3.05) is 5.32 Å². The van der Waals surface area contributed by atoms with Gasteiger partial charge >= 0.3 is 6.09 Å². The Balaban J connectivity index is 1.65. The number of hydrogen-bond donors (Lipinski definition) is 4. The lowest BCUT2D eigenvalue weighted by molar-refractivity contribution is -0.132. The number of rotatable bonds is 7. The third kappa shape index (κ3) is 5.76. The number of fused-ring (bicyclic) bond motifs is 1. The fraction of sp³-hybridized carbons (Fsp3) is 0.143. The minimum atomic E-state index is -1.26. The average Bonchev–Trinajstić information content (AvgIpc) is 2.77. The van der Waals surface area contributed by atoms with Gasteiger partial charge in [0.05, 0.1) is 11.9 Å². The number of benzene rings is 2. The molecular formula is C21H20N4O5. The summed E-state index contributed by atoms with van der Waals surface area (Å²) in [6.45, 7) is 0.00484. The summed E-state index contributed by atoms with van der Waals surface area (Å²) in [4.78, 5) is 40.5. The maximum atomic E-state index is 12.7. The predicted octanol–water partition coefficient (Wildman–Crippen LogP) is 2.36. The van der Waals surface area contributed by atoms with Gasteiger partial charge in [-0.05, 0) is 29.8 Å². The minimum Gasteiger partial charge on any atom is -0.445 e. The molecule has 3 rings (SSSR count). The quantitative estimate of drug-likeness (QED) is 0.351. The Morgan fingerprint density at radius 3 is 2.60 bits per heavy atom. The average molecular weight is 408 g/mol. The van der Waals surface area contributed by atoms with Crippen LogP contribution in [0.1, 0.15) is 12.0 Å². The lowest BCUT2D eigenvalue weighted by Crippen LogP contribution is -2.46. The molecule has 0 bridgehead atoms. The van der Waals surface area contributed by atoms with Crippen LogP contribution in [0.4, 0.5) is 10.5 Å². The summed E-state index contributed by atoms with van der Waals surface area (Å²) < 4.78 is 5.10. The van der Waals surface area contributed by atoms with Crippen LogP contribution >= 0.6 is 0 Å². The highest BCUT2D eigenvalue weighted by Gasteiger charge is 2.25. The first-order valence-electron chi connectivity index (χ1n) is 9.11. The number of carbonyl (C=O) groups excluding carboxylic acids is 3. The smallest absolute Gasteiger partial charge is 0.408 e. The molecule has 1 atom stereocenters. The second-order valence-electron chi connectivity index (χ2n) is 6.40. The number of anilines is 1. The Morgan fingerprint density at radius 2 is 1.83 bits per heavy atom. The van der Waals surface area contributed by atoms with E-state index in [0.29, 0.717) is 5.69 Å². The highest BCUT2D eigenvalue weighted by atomic mass is 16.5. The predicted molar refractivity (Wildman–Crippen MR) is 108 cm³/mol. The standard InChI is InChI=1S/C21H20N4O5/c26-19(25-29)12-18(24-21(28)30-13-14-5-2-1-3-6-14)20(27)23-16-8-9-17-15(11-16)7-4-10-22-17/h1-11,18,29H,12-13H2,(H,23,27)(H,24,28)(H,25,26)/t18-/m0/s1. The molecule has 0 unspecified atom stereocenters. The number of pyridine rings is 1. The molecule has 4 N–H and O–H groups in total. The molecule has 0 aliphatic heterocycles. The molecular weight excluding hydrogens is 388 g/mol. The van der Waals surface area contributed by atoms with Gasteiger partial charge in [0.2, 0.25) is 11.8 Å². The van der Waals surface area contributed by atoms with Gasteiger partial charge in [0.1, 0.15) is 12.6 Å². The first-order valence-corrected chi connectivity index (χ1v) is 9.11. The van der Waals surface area contributed by atoms with Gasteiger partial charge in [-0.1, -0.05) is 36.4 Å². The largest absolute Gasteiger partial charge is 0.445 e. The topological polar surface area (TPSA) is 130 Å². The first-order chi connectivity index (χ1) is 14.5. The molecule has 3 aromatic rings. The molecule has 0 saturated carbocycles. The maximum absolute atomic E-state index is 12.7. The normalized spacial score (nSPS) is 11.4. The number of ether oxygens (including phenoxy) is 1. The van der Waals surface area contributed by atoms with Gasteiger partial charge in [-0.2, -0.15) is 0 Å². The molecule has 0 radical (unpaired) electrons. The molecule has 0 aliphatic rings. The summed E-state index contributed by atoms with van der Waals surface area (Å²) in [6, 6.07) is 16.5. The monoisotopic (exact) mass is 408 g/mol. The van der Waals surface area contributed by atoms with Crippen LogP contribution in [0.15, 0.2) is 66.9 Å². The van der Waals surface area contributed by atoms with Gasteiger partial charge in [-0.3, -0.25) is 19.8 Å². The lowest BCUT2D eigenvalue weighted by Gasteiger charge is -2.18. The van der Waals surface area contributed by atoms with Crippen molar-refractivity contribution in [2.24, 2.45) is 0 Å². The van der Waals surface area contributed by atoms with E-state index in [1.807, 2.05) is 12.1 Å². The molecule has 30 heavy (non-hydrogen) atoms. The van der Waals surface area contributed by atoms with Crippen LogP contribution in [-0.2, 0) is 20.9 Å². The van der Waals surface area contributed by atoms with Crippen molar-refractivity contribution in [3.63, 3.8) is 0 Å². The molecule has 1 heterocycles. The fourth-order valence-electron chi connectivity index (χ4n) is 2.73. The summed E-state index contributed by atoms with van der Waals surface area (Å²) in [5.74, 6) is -1.47. The number of alkyl carbamates (subject to hydrolysis) is 1. The summed E-state index contributed by atoms with van der Waals surface area (Å²) in [7, 11) is 0. The lowest BCUT2D eigenvalue weighted by atomic mass is 10.1. The van der Waals surface area contributed by atoms with Crippen molar-refractivity contribution in [1.29, 1.82) is 0 Å². The number of nitrogens with zero attached hydrogens (tertiary/aromatic N) is 1. The van der Waals surface area contributed by atoms with Crippen molar-refractivity contribution in [1.82, 2.24) is 15.8 Å². The molecule has 1 aromatic heterocycles. The SMILES string of the molecule is O=C(C[C@H](NC(=O)OCc1ccccc1)C(=O)Nc1ccc2ncccc2c1)NO. The molecule has 0 fully saturated rings. The zero-order valence-electron chi connectivity index (χ0n) is 15.9. The van der Waals surface area contributed by atoms with Crippen LogP contribution in [-0.4, -0.2) is 34.1 Å². The number of amides is 3. The molecule has 0 spiro atoms. The van der Waals surface area contributed by atoms with E-state index in [1.54, 1.807) is 54.7 Å². The van der Waals surface area contributed by atoms with Crippen LogP contribution < -0.4 is 16.1 Å². The zero-order valence-corrected chi connectivity index (χ0v) is 15.9. The van der Waals surface area contributed by atoms with Gasteiger partial charge < -0.3 is 15.4 Å². The van der Waals surface area contributed by atoms with Crippen LogP contribution in [0.3, 0.4) is 0 Å². The third-order valence-electron chi connectivity index (χ3n) is 4.21. The van der Waals surface area contributed by atoms with E-state index in [-0.39, 0.29) is 6.61 Å². The number of aromatic nitrogens is 1. The van der Waals surface area contributed by atoms with Crippen molar-refractivity contribution >= 4 is 34.5 Å². The van der Waals surface area contributed by atoms with Gasteiger partial charge in [-0.15, -0.1) is 0 Å². The van der Waals surface area contributed by atoms with Gasteiger partial charge in [0.25, 0.3) is 0 Å². The van der Waals surface area contributed by atoms with Gasteiger partial charge in [-0.25, -0.2) is 10.3 Å². The Morgan fingerprint density at radius 1 is 1.03 bits per heavy atom. The maximum Gasteiger partial charge on any atom is 0.408 e. The van der Waals surface area contributed by atoms with Gasteiger partial charge in [0.15, 0.2) is 0 Å². The molecule has 9 nitrogen and oxygen atoms in total. The Bertz CT molecular complexity index is 1040. The number of carbonyl (C=O) groups is 3. The van der Waals surface area contributed by atoms with Crippen molar-refractivity contribution in [3.8, 4) is 0 Å². The highest BCUT2D eigenvalue weighted by molar-refractivity contribution is 6.00. The van der Waals surface area contributed by atoms with E-state index in [1.165, 1.54) is 5.48 Å². The summed E-state index contributed by atoms with van der Waals surface area (Å²) in [5, 5.41) is 14.6. The number of nitrogens with one attached hydrogen (secondary N) is 3. The van der Waals surface area contributed by atoms with Gasteiger partial charge in [0, 0.05) is 17.3 Å². The van der Waals surface area contributed by atoms with Crippen molar-refractivity contribution in [2.45, 2.75) is 19.1 Å². The molecule has 2 aromatic carbocycles. The molecule has 0 saturated heterocycles. The van der Waals surface area contributed by atoms with E-state index >= 15 is 0 Å². The summed E-state index contributed by atoms with van der Waals surface area (Å²) >= 11 is 0. The highest BCUT2D eigenvalue weighted by Crippen LogP contribution is 2.17. The third-order valence-corrected chi connectivity index (χ3v) is 4.21. The van der Waals surface area contributed by atoms with Crippen LogP contribution in [0.25, 0.3) is 10.9 Å². The molecule has 9 heteroatoms. The van der Waals surface area contributed by atoms with Crippen LogP contribution in [0.2, 0.25) is 0 Å². The number of hydrogen-bond acceptors (Lipinski definition) is 6. The molecule has 3 amide bonds. The zero-order chi connectivity index (χ0) is 21.3. The van der Waals surface area contributed by atoms with Crippen LogP contribution in [0, 0.1) is 0 Å². The van der Waals surface area contributed by atoms with Crippen molar-refractivity contribution < 1.29 is 24.3 Å². The van der Waals surface area contributed by atoms with E-state index in [4.69, 9.17) is 9.94 Å². The van der Waals surface area contributed by atoms with E-state index in [0.717, 1.165) is 16.5 Å². The van der Waals surface area contributed by atoms with Crippen molar-refractivity contribution in [3.05, 3.63) is 72.4 Å². The summed E-state index contributed by atoms with van der Waals surface area (Å²) in [5.41, 5.74) is 3.45. The Kier molecular flexibility index (Phi) is 6.91. The Hall–Kier alpha value is -3.98. The Labute approximate surface area is 172 Å². The van der Waals surface area contributed by atoms with E-state index < -0.39 is 30.4 Å². The second-order valence-corrected chi connectivity index (χ2v) is 6.40. The van der Waals surface area contributed by atoms with E-state index in [2.05, 4.69) is 15.6 Å². The number of hydroxylamine groups is 1. The molecule has 0 aliphatic carbocycles. The van der Waals surface area contributed by atoms with E-state index in [9.17, 15) is 14.4 Å². The first kappa shape index (κ1) is 20.7. The summed E-state index contributed by atoms with van der Waals surface area (Å²) in [6.07, 6.45) is 0.319. The minimum absolute atomic E-state index is 0.00484.